The van der Waals surface area contributed by atoms with E-state index < -0.39 is 4.92 Å². The molecule has 0 bridgehead atoms. The molecule has 1 saturated heterocycles. The molecule has 1 heterocycles. The molecule has 0 N–H and O–H groups in total. The average molecular weight is 235 g/mol. The zero-order valence-corrected chi connectivity index (χ0v) is 9.59. The molecule has 0 aromatic heterocycles. The van der Waals surface area contributed by atoms with E-state index in [1.165, 1.54) is 24.6 Å². The van der Waals surface area contributed by atoms with Crippen LogP contribution in [-0.4, -0.2) is 22.9 Å². The predicted octanol–water partition coefficient (Wildman–Crippen LogP) is 2.72. The molecule has 1 aromatic rings. The first-order valence-corrected chi connectivity index (χ1v) is 5.83. The number of hydrogen-bond acceptors (Lipinski definition) is 3. The van der Waals surface area contributed by atoms with Crippen LogP contribution in [0.15, 0.2) is 18.2 Å². The molecule has 0 unspecified atom stereocenters. The molecule has 1 aliphatic heterocycles. The second kappa shape index (κ2) is 5.14. The maximum atomic E-state index is 11.6. The summed E-state index contributed by atoms with van der Waals surface area (Å²) < 4.78 is 0. The smallest absolute Gasteiger partial charge is 0.270 e. The van der Waals surface area contributed by atoms with Crippen LogP contribution in [0.3, 0.4) is 0 Å². The van der Waals surface area contributed by atoms with Crippen molar-refractivity contribution in [1.29, 1.82) is 0 Å². The van der Waals surface area contributed by atoms with Crippen molar-refractivity contribution in [2.75, 3.05) is 13.1 Å². The largest absolute Gasteiger partial charge is 0.299 e. The fourth-order valence-electron chi connectivity index (χ4n) is 2.16. The van der Waals surface area contributed by atoms with Crippen molar-refractivity contribution in [2.24, 2.45) is 0 Å². The summed E-state index contributed by atoms with van der Waals surface area (Å²) in [5.41, 5.74) is 0.526. The van der Waals surface area contributed by atoms with Crippen molar-refractivity contribution >= 4 is 5.69 Å². The number of hydrogen-bond donors (Lipinski definition) is 0. The molecule has 5 nitrogen and oxygen atoms in total. The maximum absolute atomic E-state index is 11.6. The highest BCUT2D eigenvalue weighted by Gasteiger charge is 2.16. The van der Waals surface area contributed by atoms with Crippen molar-refractivity contribution < 1.29 is 10.0 Å². The summed E-state index contributed by atoms with van der Waals surface area (Å²) in [7, 11) is 0. The molecule has 0 spiro atoms. The highest BCUT2D eigenvalue weighted by atomic mass is 16.6. The lowest BCUT2D eigenvalue weighted by Gasteiger charge is -2.26. The number of likely N-dealkylation sites (tertiary alicyclic amines) is 1. The first-order valence-electron chi connectivity index (χ1n) is 5.83. The van der Waals surface area contributed by atoms with Gasteiger partial charge in [0.05, 0.1) is 4.92 Å². The number of rotatable bonds is 3. The van der Waals surface area contributed by atoms with Crippen LogP contribution >= 0.6 is 0 Å². The lowest BCUT2D eigenvalue weighted by atomic mass is 10.1. The molecule has 0 amide bonds. The molecule has 17 heavy (non-hydrogen) atoms. The minimum atomic E-state index is -0.459. The van der Waals surface area contributed by atoms with Crippen molar-refractivity contribution in [3.8, 4) is 5.75 Å². The minimum Gasteiger partial charge on any atom is -0.299 e. The number of piperidine rings is 1. The standard InChI is InChI=1S/C12H15N2O3/c15-12-5-4-11(14(16)17)8-10(12)9-13-6-2-1-3-7-13/h4-5,8H,1-3,6-7,9H2. The van der Waals surface area contributed by atoms with E-state index in [0.717, 1.165) is 25.9 Å². The van der Waals surface area contributed by atoms with Gasteiger partial charge in [-0.25, -0.2) is 0 Å². The van der Waals surface area contributed by atoms with E-state index in [2.05, 4.69) is 4.90 Å². The van der Waals surface area contributed by atoms with Gasteiger partial charge in [0, 0.05) is 24.2 Å². The molecule has 2 rings (SSSR count). The first kappa shape index (κ1) is 11.9. The Hall–Kier alpha value is -1.62. The van der Waals surface area contributed by atoms with Gasteiger partial charge in [-0.05, 0) is 32.0 Å². The Morgan fingerprint density at radius 2 is 1.94 bits per heavy atom. The summed E-state index contributed by atoms with van der Waals surface area (Å²) in [5.74, 6) is -0.110. The quantitative estimate of drug-likeness (QED) is 0.597. The number of nitrogens with zero attached hydrogens (tertiary/aromatic N) is 2. The van der Waals surface area contributed by atoms with Gasteiger partial charge in [-0.2, -0.15) is 0 Å². The van der Waals surface area contributed by atoms with E-state index >= 15 is 0 Å². The van der Waals surface area contributed by atoms with Gasteiger partial charge in [0.25, 0.3) is 5.69 Å². The Bertz CT molecular complexity index is 414. The summed E-state index contributed by atoms with van der Waals surface area (Å²) in [4.78, 5) is 12.4. The zero-order valence-electron chi connectivity index (χ0n) is 9.59. The fourth-order valence-corrected chi connectivity index (χ4v) is 2.16. The molecule has 0 saturated carbocycles. The molecular formula is C12H15N2O3. The molecule has 0 atom stereocenters. The Labute approximate surface area is 99.8 Å². The van der Waals surface area contributed by atoms with Gasteiger partial charge in [-0.3, -0.25) is 20.1 Å². The molecule has 1 aliphatic rings. The van der Waals surface area contributed by atoms with E-state index in [0.29, 0.717) is 12.1 Å². The Morgan fingerprint density at radius 1 is 1.24 bits per heavy atom. The van der Waals surface area contributed by atoms with Crippen LogP contribution in [0.5, 0.6) is 5.75 Å². The highest BCUT2D eigenvalue weighted by molar-refractivity contribution is 5.42. The Morgan fingerprint density at radius 3 is 2.59 bits per heavy atom. The predicted molar refractivity (Wildman–Crippen MR) is 62.4 cm³/mol. The molecule has 0 aliphatic carbocycles. The minimum absolute atomic E-state index is 0.00314. The Balaban J connectivity index is 2.13. The van der Waals surface area contributed by atoms with Gasteiger partial charge in [0.15, 0.2) is 5.75 Å². The SMILES string of the molecule is [O]c1ccc([N+](=O)[O-])cc1CN1CCCCC1. The van der Waals surface area contributed by atoms with Crippen LogP contribution in [0.1, 0.15) is 24.8 Å². The van der Waals surface area contributed by atoms with Gasteiger partial charge in [0.1, 0.15) is 0 Å². The summed E-state index contributed by atoms with van der Waals surface area (Å²) in [5, 5.41) is 22.3. The lowest BCUT2D eigenvalue weighted by molar-refractivity contribution is -0.385. The van der Waals surface area contributed by atoms with Gasteiger partial charge in [-0.15, -0.1) is 0 Å². The number of benzene rings is 1. The molecule has 1 fully saturated rings. The topological polar surface area (TPSA) is 66.3 Å². The normalized spacial score (nSPS) is 16.9. The third-order valence-corrected chi connectivity index (χ3v) is 3.10. The Kier molecular flexibility index (Phi) is 3.58. The van der Waals surface area contributed by atoms with E-state index in [1.807, 2.05) is 0 Å². The van der Waals surface area contributed by atoms with Gasteiger partial charge in [-0.1, -0.05) is 6.42 Å². The van der Waals surface area contributed by atoms with Gasteiger partial charge >= 0.3 is 0 Å². The molecular weight excluding hydrogens is 220 g/mol. The summed E-state index contributed by atoms with van der Waals surface area (Å²) in [6, 6.07) is 3.95. The molecule has 1 aromatic carbocycles. The van der Waals surface area contributed by atoms with Crippen LogP contribution in [-0.2, 0) is 11.7 Å². The van der Waals surface area contributed by atoms with E-state index in [9.17, 15) is 15.2 Å². The van der Waals surface area contributed by atoms with Gasteiger partial charge in [0.2, 0.25) is 0 Å². The van der Waals surface area contributed by atoms with Crippen LogP contribution < -0.4 is 0 Å². The average Bonchev–Trinajstić information content (AvgIpc) is 2.33. The van der Waals surface area contributed by atoms with E-state index in [-0.39, 0.29) is 11.4 Å². The lowest BCUT2D eigenvalue weighted by Crippen LogP contribution is -2.29. The first-order chi connectivity index (χ1) is 8.16. The summed E-state index contributed by atoms with van der Waals surface area (Å²) >= 11 is 0. The number of non-ortho nitro benzene ring substituents is 1. The van der Waals surface area contributed by atoms with Crippen molar-refractivity contribution in [3.63, 3.8) is 0 Å². The monoisotopic (exact) mass is 235 g/mol. The highest BCUT2D eigenvalue weighted by Crippen LogP contribution is 2.25. The second-order valence-electron chi connectivity index (χ2n) is 4.39. The molecule has 5 heteroatoms. The van der Waals surface area contributed by atoms with Crippen molar-refractivity contribution in [1.82, 2.24) is 4.90 Å². The van der Waals surface area contributed by atoms with Crippen LogP contribution in [0.2, 0.25) is 0 Å². The van der Waals surface area contributed by atoms with Crippen molar-refractivity contribution in [3.05, 3.63) is 33.9 Å². The number of nitro benzene ring substituents is 1. The zero-order chi connectivity index (χ0) is 12.3. The summed E-state index contributed by atoms with van der Waals surface area (Å²) in [6.07, 6.45) is 3.52. The number of nitro groups is 1. The van der Waals surface area contributed by atoms with E-state index in [1.54, 1.807) is 0 Å². The van der Waals surface area contributed by atoms with Gasteiger partial charge < -0.3 is 0 Å². The molecule has 91 valence electrons. The second-order valence-corrected chi connectivity index (χ2v) is 4.39. The van der Waals surface area contributed by atoms with Crippen LogP contribution in [0, 0.1) is 10.1 Å². The van der Waals surface area contributed by atoms with Crippen molar-refractivity contribution in [2.45, 2.75) is 25.8 Å². The van der Waals surface area contributed by atoms with E-state index in [4.69, 9.17) is 0 Å². The summed E-state index contributed by atoms with van der Waals surface area (Å²) in [6.45, 7) is 2.48. The van der Waals surface area contributed by atoms with Crippen LogP contribution in [0.4, 0.5) is 5.69 Å². The van der Waals surface area contributed by atoms with Crippen LogP contribution in [0.25, 0.3) is 0 Å². The third kappa shape index (κ3) is 2.94. The maximum Gasteiger partial charge on any atom is 0.270 e. The third-order valence-electron chi connectivity index (χ3n) is 3.10. The fraction of sp³-hybridized carbons (Fsp3) is 0.500. The molecule has 1 radical (unpaired) electrons.